The summed E-state index contributed by atoms with van der Waals surface area (Å²) in [6.07, 6.45) is -0.269. The maximum absolute atomic E-state index is 13.1. The van der Waals surface area contributed by atoms with Gasteiger partial charge in [-0.25, -0.2) is 0 Å². The van der Waals surface area contributed by atoms with Crippen LogP contribution < -0.4 is 14.8 Å². The van der Waals surface area contributed by atoms with Gasteiger partial charge in [0.2, 0.25) is 0 Å². The number of nitrogens with one attached hydrogen (secondary N) is 1. The van der Waals surface area contributed by atoms with E-state index in [-0.39, 0.29) is 17.9 Å². The number of para-hydroxylation sites is 2. The molecule has 1 aliphatic rings. The first kappa shape index (κ1) is 21.9. The molecule has 0 unspecified atom stereocenters. The number of nitrogens with zero attached hydrogens (tertiary/aromatic N) is 1. The van der Waals surface area contributed by atoms with Gasteiger partial charge >= 0.3 is 0 Å². The van der Waals surface area contributed by atoms with Gasteiger partial charge in [0, 0.05) is 12.6 Å². The highest BCUT2D eigenvalue weighted by molar-refractivity contribution is 7.14. The van der Waals surface area contributed by atoms with Crippen LogP contribution in [0.1, 0.15) is 46.0 Å². The predicted octanol–water partition coefficient (Wildman–Crippen LogP) is 5.04. The van der Waals surface area contributed by atoms with Crippen molar-refractivity contribution >= 4 is 28.2 Å². The van der Waals surface area contributed by atoms with Gasteiger partial charge in [0.05, 0.1) is 12.1 Å². The lowest BCUT2D eigenvalue weighted by atomic mass is 10.0. The van der Waals surface area contributed by atoms with Crippen LogP contribution in [0.15, 0.2) is 60.0 Å². The van der Waals surface area contributed by atoms with E-state index in [1.54, 1.807) is 23.4 Å². The highest BCUT2D eigenvalue weighted by Crippen LogP contribution is 2.31. The number of thiophene rings is 1. The fraction of sp³-hybridized carbons (Fsp3) is 0.280. The largest absolute Gasteiger partial charge is 0.486 e. The molecule has 0 saturated heterocycles. The normalized spacial score (nSPS) is 14.8. The summed E-state index contributed by atoms with van der Waals surface area (Å²) in [4.78, 5) is 27.4. The van der Waals surface area contributed by atoms with Gasteiger partial charge in [-0.2, -0.15) is 0 Å². The van der Waals surface area contributed by atoms with Crippen molar-refractivity contribution in [2.45, 2.75) is 25.9 Å². The maximum atomic E-state index is 13.1. The molecule has 1 atom stereocenters. The number of amides is 2. The molecular weight excluding hydrogens is 424 g/mol. The van der Waals surface area contributed by atoms with Crippen LogP contribution in [-0.4, -0.2) is 43.0 Å². The summed E-state index contributed by atoms with van der Waals surface area (Å²) >= 11 is 1.33. The second-order valence-corrected chi connectivity index (χ2v) is 8.99. The zero-order valence-electron chi connectivity index (χ0n) is 18.3. The molecule has 0 fully saturated rings. The number of hydrogen-bond donors (Lipinski definition) is 1. The van der Waals surface area contributed by atoms with E-state index in [0.29, 0.717) is 46.7 Å². The van der Waals surface area contributed by atoms with E-state index in [1.807, 2.05) is 48.5 Å². The van der Waals surface area contributed by atoms with E-state index in [1.165, 1.54) is 16.9 Å². The molecule has 2 heterocycles. The highest BCUT2D eigenvalue weighted by Gasteiger charge is 2.26. The molecule has 2 amide bonds. The van der Waals surface area contributed by atoms with E-state index in [9.17, 15) is 9.59 Å². The molecule has 3 aromatic rings. The molecule has 0 bridgehead atoms. The smallest absolute Gasteiger partial charge is 0.256 e. The number of anilines is 1. The molecule has 4 rings (SSSR count). The molecule has 0 aliphatic carbocycles. The summed E-state index contributed by atoms with van der Waals surface area (Å²) in [5, 5.41) is 5.22. The van der Waals surface area contributed by atoms with Gasteiger partial charge in [-0.3, -0.25) is 9.59 Å². The minimum atomic E-state index is -0.269. The first-order valence-corrected chi connectivity index (χ1v) is 11.4. The van der Waals surface area contributed by atoms with Gasteiger partial charge in [-0.1, -0.05) is 38.1 Å². The number of benzene rings is 2. The van der Waals surface area contributed by atoms with Crippen molar-refractivity contribution in [1.82, 2.24) is 4.90 Å². The standard InChI is InChI=1S/C25H26N2O4S/c1-16(2)17-8-10-18(11-9-17)23(28)26-24-20(12-13-32-24)25(29)27(3)14-19-15-30-21-6-4-5-7-22(21)31-19/h4-13,16,19H,14-15H2,1-3H3,(H,26,28)/t19-/m1/s1. The third kappa shape index (κ3) is 4.78. The van der Waals surface area contributed by atoms with Gasteiger partial charge in [0.25, 0.3) is 11.8 Å². The van der Waals surface area contributed by atoms with Crippen LogP contribution in [0.5, 0.6) is 11.5 Å². The molecule has 166 valence electrons. The Kier molecular flexibility index (Phi) is 6.46. The number of carbonyl (C=O) groups excluding carboxylic acids is 2. The molecule has 7 heteroatoms. The van der Waals surface area contributed by atoms with E-state index >= 15 is 0 Å². The predicted molar refractivity (Wildman–Crippen MR) is 126 cm³/mol. The van der Waals surface area contributed by atoms with E-state index in [4.69, 9.17) is 9.47 Å². The van der Waals surface area contributed by atoms with Crippen molar-refractivity contribution in [3.63, 3.8) is 0 Å². The van der Waals surface area contributed by atoms with Crippen molar-refractivity contribution in [1.29, 1.82) is 0 Å². The van der Waals surface area contributed by atoms with Gasteiger partial charge < -0.3 is 19.7 Å². The third-order valence-corrected chi connectivity index (χ3v) is 6.18. The molecule has 1 N–H and O–H groups in total. The van der Waals surface area contributed by atoms with E-state index in [0.717, 1.165) is 0 Å². The van der Waals surface area contributed by atoms with Crippen molar-refractivity contribution < 1.29 is 19.1 Å². The number of fused-ring (bicyclic) bond motifs is 1. The lowest BCUT2D eigenvalue weighted by Gasteiger charge is -2.29. The van der Waals surface area contributed by atoms with Crippen LogP contribution in [0.2, 0.25) is 0 Å². The minimum absolute atomic E-state index is 0.181. The first-order chi connectivity index (χ1) is 15.4. The summed E-state index contributed by atoms with van der Waals surface area (Å²) in [6, 6.07) is 16.7. The molecule has 1 aromatic heterocycles. The first-order valence-electron chi connectivity index (χ1n) is 10.5. The Hall–Kier alpha value is -3.32. The molecule has 0 spiro atoms. The Morgan fingerprint density at radius 2 is 1.81 bits per heavy atom. The second-order valence-electron chi connectivity index (χ2n) is 8.08. The average Bonchev–Trinajstić information content (AvgIpc) is 3.26. The summed E-state index contributed by atoms with van der Waals surface area (Å²) in [5.74, 6) is 1.37. The maximum Gasteiger partial charge on any atom is 0.256 e. The number of rotatable bonds is 6. The van der Waals surface area contributed by atoms with Crippen LogP contribution >= 0.6 is 11.3 Å². The van der Waals surface area contributed by atoms with Crippen molar-refractivity contribution in [2.24, 2.45) is 0 Å². The lowest BCUT2D eigenvalue weighted by Crippen LogP contribution is -2.41. The summed E-state index contributed by atoms with van der Waals surface area (Å²) in [7, 11) is 1.72. The van der Waals surface area contributed by atoms with Crippen molar-refractivity contribution in [2.75, 3.05) is 25.5 Å². The van der Waals surface area contributed by atoms with Gasteiger partial charge in [0.1, 0.15) is 11.6 Å². The summed E-state index contributed by atoms with van der Waals surface area (Å²) in [6.45, 7) is 4.96. The van der Waals surface area contributed by atoms with Crippen molar-refractivity contribution in [3.05, 3.63) is 76.7 Å². The van der Waals surface area contributed by atoms with Gasteiger partial charge in [0.15, 0.2) is 17.6 Å². The molecule has 1 aliphatic heterocycles. The number of likely N-dealkylation sites (N-methyl/N-ethyl adjacent to an activating group) is 1. The van der Waals surface area contributed by atoms with Crippen LogP contribution in [0.25, 0.3) is 0 Å². The Bertz CT molecular complexity index is 1110. The fourth-order valence-electron chi connectivity index (χ4n) is 3.52. The quantitative estimate of drug-likeness (QED) is 0.572. The fourth-order valence-corrected chi connectivity index (χ4v) is 4.29. The number of carbonyl (C=O) groups is 2. The summed E-state index contributed by atoms with van der Waals surface area (Å²) < 4.78 is 11.7. The summed E-state index contributed by atoms with van der Waals surface area (Å²) in [5.41, 5.74) is 2.19. The molecule has 32 heavy (non-hydrogen) atoms. The monoisotopic (exact) mass is 450 g/mol. The third-order valence-electron chi connectivity index (χ3n) is 5.35. The average molecular weight is 451 g/mol. The van der Waals surface area contributed by atoms with Gasteiger partial charge in [-0.15, -0.1) is 11.3 Å². The number of ether oxygens (including phenoxy) is 2. The molecule has 0 radical (unpaired) electrons. The molecule has 0 saturated carbocycles. The topological polar surface area (TPSA) is 67.9 Å². The second kappa shape index (κ2) is 9.44. The van der Waals surface area contributed by atoms with E-state index in [2.05, 4.69) is 19.2 Å². The number of hydrogen-bond acceptors (Lipinski definition) is 5. The molecule has 2 aromatic carbocycles. The Labute approximate surface area is 191 Å². The Balaban J connectivity index is 1.40. The van der Waals surface area contributed by atoms with Gasteiger partial charge in [-0.05, 0) is 47.2 Å². The van der Waals surface area contributed by atoms with Crippen LogP contribution in [0.3, 0.4) is 0 Å². The van der Waals surface area contributed by atoms with Crippen LogP contribution in [0.4, 0.5) is 5.00 Å². The minimum Gasteiger partial charge on any atom is -0.486 e. The zero-order valence-corrected chi connectivity index (χ0v) is 19.1. The zero-order chi connectivity index (χ0) is 22.7. The van der Waals surface area contributed by atoms with Crippen LogP contribution in [0, 0.1) is 0 Å². The highest BCUT2D eigenvalue weighted by atomic mass is 32.1. The molecule has 6 nitrogen and oxygen atoms in total. The van der Waals surface area contributed by atoms with Crippen LogP contribution in [-0.2, 0) is 0 Å². The van der Waals surface area contributed by atoms with E-state index < -0.39 is 0 Å². The Morgan fingerprint density at radius 3 is 2.53 bits per heavy atom. The Morgan fingerprint density at radius 1 is 1.09 bits per heavy atom. The molecular formula is C25H26N2O4S. The lowest BCUT2D eigenvalue weighted by molar-refractivity contribution is 0.0522. The SMILES string of the molecule is CC(C)c1ccc(C(=O)Nc2sccc2C(=O)N(C)C[C@@H]2COc3ccccc3O2)cc1. The van der Waals surface area contributed by atoms with Crippen molar-refractivity contribution in [3.8, 4) is 11.5 Å².